The monoisotopic (exact) mass is 294 g/mol. The first-order valence-corrected chi connectivity index (χ1v) is 7.76. The Kier molecular flexibility index (Phi) is 3.45. The SMILES string of the molecule is CC1(c2nsc(NC(=O)CCN3CCCC3=O)n2)CC1. The van der Waals surface area contributed by atoms with Crippen LogP contribution in [0.5, 0.6) is 0 Å². The van der Waals surface area contributed by atoms with E-state index in [4.69, 9.17) is 0 Å². The van der Waals surface area contributed by atoms with Gasteiger partial charge in [0, 0.05) is 42.9 Å². The van der Waals surface area contributed by atoms with Crippen LogP contribution in [0.25, 0.3) is 0 Å². The second-order valence-corrected chi connectivity index (χ2v) is 6.52. The number of carbonyl (C=O) groups is 2. The highest BCUT2D eigenvalue weighted by Crippen LogP contribution is 2.46. The Morgan fingerprint density at radius 3 is 2.95 bits per heavy atom. The lowest BCUT2D eigenvalue weighted by Crippen LogP contribution is -2.28. The molecule has 6 nitrogen and oxygen atoms in total. The minimum Gasteiger partial charge on any atom is -0.342 e. The lowest BCUT2D eigenvalue weighted by molar-refractivity contribution is -0.128. The van der Waals surface area contributed by atoms with Crippen molar-refractivity contribution in [2.24, 2.45) is 0 Å². The molecule has 1 saturated heterocycles. The molecular weight excluding hydrogens is 276 g/mol. The summed E-state index contributed by atoms with van der Waals surface area (Å²) in [5.74, 6) is 0.888. The average Bonchev–Trinajstić information content (AvgIpc) is 2.84. The molecule has 1 aliphatic carbocycles. The highest BCUT2D eigenvalue weighted by atomic mass is 32.1. The van der Waals surface area contributed by atoms with Gasteiger partial charge >= 0.3 is 0 Å². The Bertz CT molecular complexity index is 538. The van der Waals surface area contributed by atoms with Gasteiger partial charge in [0.1, 0.15) is 0 Å². The maximum atomic E-state index is 11.8. The molecule has 20 heavy (non-hydrogen) atoms. The number of likely N-dealkylation sites (tertiary alicyclic amines) is 1. The summed E-state index contributed by atoms with van der Waals surface area (Å²) in [4.78, 5) is 29.4. The zero-order valence-electron chi connectivity index (χ0n) is 11.5. The van der Waals surface area contributed by atoms with Gasteiger partial charge in [-0.15, -0.1) is 0 Å². The smallest absolute Gasteiger partial charge is 0.227 e. The third kappa shape index (κ3) is 2.82. The minimum absolute atomic E-state index is 0.103. The Morgan fingerprint density at radius 1 is 1.50 bits per heavy atom. The fourth-order valence-electron chi connectivity index (χ4n) is 2.29. The molecule has 0 unspecified atom stereocenters. The first-order chi connectivity index (χ1) is 9.57. The second kappa shape index (κ2) is 5.12. The van der Waals surface area contributed by atoms with Crippen molar-refractivity contribution in [3.05, 3.63) is 5.82 Å². The molecule has 7 heteroatoms. The molecule has 0 spiro atoms. The van der Waals surface area contributed by atoms with E-state index in [1.54, 1.807) is 4.90 Å². The summed E-state index contributed by atoms with van der Waals surface area (Å²) in [5.41, 5.74) is 0.126. The van der Waals surface area contributed by atoms with Crippen LogP contribution in [-0.2, 0) is 15.0 Å². The van der Waals surface area contributed by atoms with Crippen molar-refractivity contribution in [1.29, 1.82) is 0 Å². The molecule has 0 radical (unpaired) electrons. The summed E-state index contributed by atoms with van der Waals surface area (Å²) in [6.07, 6.45) is 4.07. The average molecular weight is 294 g/mol. The Morgan fingerprint density at radius 2 is 2.30 bits per heavy atom. The predicted molar refractivity (Wildman–Crippen MR) is 75.6 cm³/mol. The van der Waals surface area contributed by atoms with Gasteiger partial charge in [-0.1, -0.05) is 6.92 Å². The van der Waals surface area contributed by atoms with E-state index in [-0.39, 0.29) is 17.2 Å². The van der Waals surface area contributed by atoms with Gasteiger partial charge in [0.25, 0.3) is 0 Å². The number of nitrogens with one attached hydrogen (secondary N) is 1. The lowest BCUT2D eigenvalue weighted by atomic mass is 10.1. The highest BCUT2D eigenvalue weighted by Gasteiger charge is 2.42. The van der Waals surface area contributed by atoms with Crippen molar-refractivity contribution in [3.8, 4) is 0 Å². The first-order valence-electron chi connectivity index (χ1n) is 6.99. The third-order valence-corrected chi connectivity index (χ3v) is 4.62. The van der Waals surface area contributed by atoms with Crippen LogP contribution in [0.1, 0.15) is 44.9 Å². The molecule has 1 N–H and O–H groups in total. The molecule has 1 aromatic heterocycles. The fourth-order valence-corrected chi connectivity index (χ4v) is 3.01. The van der Waals surface area contributed by atoms with Crippen molar-refractivity contribution in [3.63, 3.8) is 0 Å². The van der Waals surface area contributed by atoms with Crippen molar-refractivity contribution in [2.45, 2.75) is 44.4 Å². The lowest BCUT2D eigenvalue weighted by Gasteiger charge is -2.14. The van der Waals surface area contributed by atoms with E-state index in [2.05, 4.69) is 21.6 Å². The van der Waals surface area contributed by atoms with Crippen LogP contribution in [-0.4, -0.2) is 39.2 Å². The van der Waals surface area contributed by atoms with E-state index >= 15 is 0 Å². The number of amides is 2. The van der Waals surface area contributed by atoms with E-state index in [0.717, 1.165) is 31.6 Å². The molecule has 2 aliphatic rings. The van der Waals surface area contributed by atoms with Crippen LogP contribution < -0.4 is 5.32 Å². The number of carbonyl (C=O) groups excluding carboxylic acids is 2. The van der Waals surface area contributed by atoms with E-state index in [1.807, 2.05) is 0 Å². The molecule has 0 aromatic carbocycles. The Labute approximate surface area is 121 Å². The topological polar surface area (TPSA) is 75.2 Å². The molecule has 108 valence electrons. The quantitative estimate of drug-likeness (QED) is 0.894. The van der Waals surface area contributed by atoms with Gasteiger partial charge < -0.3 is 10.2 Å². The van der Waals surface area contributed by atoms with Gasteiger partial charge in [0.2, 0.25) is 16.9 Å². The van der Waals surface area contributed by atoms with Crippen molar-refractivity contribution < 1.29 is 9.59 Å². The molecule has 2 heterocycles. The molecule has 0 atom stereocenters. The van der Waals surface area contributed by atoms with Crippen LogP contribution >= 0.6 is 11.5 Å². The molecule has 3 rings (SSSR count). The van der Waals surface area contributed by atoms with E-state index in [9.17, 15) is 9.59 Å². The molecular formula is C13H18N4O2S. The van der Waals surface area contributed by atoms with Gasteiger partial charge in [-0.2, -0.15) is 4.37 Å². The van der Waals surface area contributed by atoms with Gasteiger partial charge in [0.15, 0.2) is 5.82 Å². The molecule has 1 saturated carbocycles. The molecule has 2 fully saturated rings. The van der Waals surface area contributed by atoms with Crippen LogP contribution in [0, 0.1) is 0 Å². The Hall–Kier alpha value is -1.50. The number of nitrogens with zero attached hydrogens (tertiary/aromatic N) is 3. The maximum Gasteiger partial charge on any atom is 0.227 e. The largest absolute Gasteiger partial charge is 0.342 e. The summed E-state index contributed by atoms with van der Waals surface area (Å²) in [6, 6.07) is 0. The van der Waals surface area contributed by atoms with Crippen LogP contribution in [0.4, 0.5) is 5.13 Å². The second-order valence-electron chi connectivity index (χ2n) is 5.77. The number of hydrogen-bond donors (Lipinski definition) is 1. The number of hydrogen-bond acceptors (Lipinski definition) is 5. The van der Waals surface area contributed by atoms with Gasteiger partial charge in [-0.25, -0.2) is 4.98 Å². The zero-order chi connectivity index (χ0) is 14.2. The molecule has 2 amide bonds. The number of anilines is 1. The number of aromatic nitrogens is 2. The number of rotatable bonds is 5. The summed E-state index contributed by atoms with van der Waals surface area (Å²) in [6.45, 7) is 3.40. The van der Waals surface area contributed by atoms with E-state index < -0.39 is 0 Å². The summed E-state index contributed by atoms with van der Waals surface area (Å²) in [5, 5.41) is 3.33. The fraction of sp³-hybridized carbons (Fsp3) is 0.692. The van der Waals surface area contributed by atoms with Crippen LogP contribution in [0.2, 0.25) is 0 Å². The zero-order valence-corrected chi connectivity index (χ0v) is 12.3. The highest BCUT2D eigenvalue weighted by molar-refractivity contribution is 7.09. The normalized spacial score (nSPS) is 20.2. The summed E-state index contributed by atoms with van der Waals surface area (Å²) in [7, 11) is 0. The van der Waals surface area contributed by atoms with Gasteiger partial charge in [-0.05, 0) is 19.3 Å². The summed E-state index contributed by atoms with van der Waals surface area (Å²) < 4.78 is 4.30. The van der Waals surface area contributed by atoms with Gasteiger partial charge in [-0.3, -0.25) is 9.59 Å². The van der Waals surface area contributed by atoms with E-state index in [1.165, 1.54) is 11.5 Å². The summed E-state index contributed by atoms with van der Waals surface area (Å²) >= 11 is 1.23. The van der Waals surface area contributed by atoms with Crippen LogP contribution in [0.3, 0.4) is 0 Å². The van der Waals surface area contributed by atoms with Crippen molar-refractivity contribution >= 4 is 28.5 Å². The Balaban J connectivity index is 1.48. The predicted octanol–water partition coefficient (Wildman–Crippen LogP) is 1.54. The van der Waals surface area contributed by atoms with E-state index in [0.29, 0.717) is 24.5 Å². The molecule has 1 aromatic rings. The standard InChI is InChI=1S/C13H18N4O2S/c1-13(5-6-13)11-15-12(20-16-11)14-9(18)4-8-17-7-2-3-10(17)19/h2-8H2,1H3,(H,14,15,16,18). The third-order valence-electron chi connectivity index (χ3n) is 3.99. The molecule has 1 aliphatic heterocycles. The van der Waals surface area contributed by atoms with Crippen molar-refractivity contribution in [1.82, 2.24) is 14.3 Å². The van der Waals surface area contributed by atoms with Crippen LogP contribution in [0.15, 0.2) is 0 Å². The first kappa shape index (κ1) is 13.5. The maximum absolute atomic E-state index is 11.8. The minimum atomic E-state index is -0.103. The molecule has 0 bridgehead atoms. The van der Waals surface area contributed by atoms with Gasteiger partial charge in [0.05, 0.1) is 0 Å². The van der Waals surface area contributed by atoms with Crippen molar-refractivity contribution in [2.75, 3.05) is 18.4 Å².